The zero-order valence-electron chi connectivity index (χ0n) is 12.2. The number of sulfonamides is 1. The smallest absolute Gasteiger partial charge is 0.242 e. The quantitative estimate of drug-likeness (QED) is 0.699. The summed E-state index contributed by atoms with van der Waals surface area (Å²) in [6.07, 6.45) is 3.88. The third-order valence-corrected chi connectivity index (χ3v) is 5.53. The molecule has 0 saturated heterocycles. The molecule has 1 rings (SSSR count). The molecule has 0 radical (unpaired) electrons. The molecule has 0 heterocycles. The van der Waals surface area contributed by atoms with Crippen LogP contribution >= 0.6 is 23.2 Å². The Morgan fingerprint density at radius 1 is 1.29 bits per heavy atom. The number of aliphatic hydroxyl groups is 1. The highest BCUT2D eigenvalue weighted by molar-refractivity contribution is 7.89. The van der Waals surface area contributed by atoms with Gasteiger partial charge in [0.1, 0.15) is 4.90 Å². The van der Waals surface area contributed by atoms with Gasteiger partial charge in [0.15, 0.2) is 0 Å². The van der Waals surface area contributed by atoms with Crippen molar-refractivity contribution in [2.45, 2.75) is 57.1 Å². The summed E-state index contributed by atoms with van der Waals surface area (Å²) in [7, 11) is -3.76. The first-order chi connectivity index (χ1) is 9.81. The average molecular weight is 354 g/mol. The van der Waals surface area contributed by atoms with Gasteiger partial charge in [-0.15, -0.1) is 0 Å². The minimum atomic E-state index is -3.76. The van der Waals surface area contributed by atoms with E-state index in [-0.39, 0.29) is 27.6 Å². The minimum absolute atomic E-state index is 0.00941. The Kier molecular flexibility index (Phi) is 7.44. The maximum absolute atomic E-state index is 12.4. The van der Waals surface area contributed by atoms with E-state index in [4.69, 9.17) is 23.2 Å². The molecule has 120 valence electrons. The fourth-order valence-electron chi connectivity index (χ4n) is 2.02. The molecule has 7 heteroatoms. The Balaban J connectivity index is 2.95. The summed E-state index contributed by atoms with van der Waals surface area (Å²) in [4.78, 5) is -0.0944. The third-order valence-electron chi connectivity index (χ3n) is 3.14. The van der Waals surface area contributed by atoms with Crippen LogP contribution in [-0.4, -0.2) is 19.6 Å². The zero-order chi connectivity index (χ0) is 16.0. The van der Waals surface area contributed by atoms with Gasteiger partial charge in [-0.1, -0.05) is 49.4 Å². The molecule has 0 aromatic heterocycles. The van der Waals surface area contributed by atoms with Crippen molar-refractivity contribution in [1.82, 2.24) is 4.72 Å². The molecule has 1 aromatic carbocycles. The van der Waals surface area contributed by atoms with E-state index in [1.54, 1.807) is 0 Å². The molecule has 0 aliphatic heterocycles. The standard InChI is InChI=1S/C14H21Cl2NO3S/c1-3-4-5-6-10(2)17-21(19,20)13-8-12(15)7-11(9-18)14(13)16/h7-8,10,17-18H,3-6,9H2,1-2H3. The first-order valence-corrected chi connectivity index (χ1v) is 9.16. The van der Waals surface area contributed by atoms with Gasteiger partial charge in [0.25, 0.3) is 0 Å². The van der Waals surface area contributed by atoms with Crippen LogP contribution < -0.4 is 4.72 Å². The van der Waals surface area contributed by atoms with Gasteiger partial charge >= 0.3 is 0 Å². The number of hydrogen-bond donors (Lipinski definition) is 2. The van der Waals surface area contributed by atoms with Crippen LogP contribution in [0.25, 0.3) is 0 Å². The van der Waals surface area contributed by atoms with Crippen molar-refractivity contribution in [1.29, 1.82) is 0 Å². The topological polar surface area (TPSA) is 66.4 Å². The fourth-order valence-corrected chi connectivity index (χ4v) is 4.22. The molecule has 0 amide bonds. The number of hydrogen-bond acceptors (Lipinski definition) is 3. The first kappa shape index (κ1) is 18.7. The SMILES string of the molecule is CCCCCC(C)NS(=O)(=O)c1cc(Cl)cc(CO)c1Cl. The summed E-state index contributed by atoms with van der Waals surface area (Å²) in [6, 6.07) is 2.56. The predicted octanol–water partition coefficient (Wildman–Crippen LogP) is 3.73. The summed E-state index contributed by atoms with van der Waals surface area (Å²) in [6.45, 7) is 3.55. The van der Waals surface area contributed by atoms with Crippen molar-refractivity contribution >= 4 is 33.2 Å². The van der Waals surface area contributed by atoms with Crippen molar-refractivity contribution in [3.8, 4) is 0 Å². The highest BCUT2D eigenvalue weighted by atomic mass is 35.5. The number of nitrogens with one attached hydrogen (secondary N) is 1. The van der Waals surface area contributed by atoms with E-state index >= 15 is 0 Å². The van der Waals surface area contributed by atoms with Crippen LogP contribution in [0.5, 0.6) is 0 Å². The maximum Gasteiger partial charge on any atom is 0.242 e. The Hall–Kier alpha value is -0.330. The lowest BCUT2D eigenvalue weighted by Gasteiger charge is -2.16. The van der Waals surface area contributed by atoms with Crippen molar-refractivity contribution in [3.63, 3.8) is 0 Å². The second-order valence-electron chi connectivity index (χ2n) is 5.05. The van der Waals surface area contributed by atoms with Crippen molar-refractivity contribution in [3.05, 3.63) is 27.7 Å². The second-order valence-corrected chi connectivity index (χ2v) is 7.55. The Bertz CT molecular complexity index is 576. The minimum Gasteiger partial charge on any atom is -0.392 e. The molecule has 21 heavy (non-hydrogen) atoms. The normalized spacial score (nSPS) is 13.4. The zero-order valence-corrected chi connectivity index (χ0v) is 14.5. The summed E-state index contributed by atoms with van der Waals surface area (Å²) >= 11 is 11.9. The van der Waals surface area contributed by atoms with Crippen LogP contribution in [0.3, 0.4) is 0 Å². The fraction of sp³-hybridized carbons (Fsp3) is 0.571. The van der Waals surface area contributed by atoms with Gasteiger partial charge < -0.3 is 5.11 Å². The lowest BCUT2D eigenvalue weighted by atomic mass is 10.1. The Morgan fingerprint density at radius 3 is 2.52 bits per heavy atom. The number of rotatable bonds is 8. The van der Waals surface area contributed by atoms with E-state index < -0.39 is 10.0 Å². The number of benzene rings is 1. The number of aliphatic hydroxyl groups excluding tert-OH is 1. The lowest BCUT2D eigenvalue weighted by Crippen LogP contribution is -2.32. The molecule has 0 aliphatic rings. The van der Waals surface area contributed by atoms with Gasteiger partial charge in [-0.2, -0.15) is 0 Å². The van der Waals surface area contributed by atoms with Crippen LogP contribution in [0.4, 0.5) is 0 Å². The van der Waals surface area contributed by atoms with E-state index in [0.717, 1.165) is 25.7 Å². The summed E-state index contributed by atoms with van der Waals surface area (Å²) < 4.78 is 27.4. The Morgan fingerprint density at radius 2 is 1.95 bits per heavy atom. The van der Waals surface area contributed by atoms with Crippen LogP contribution in [0.2, 0.25) is 10.0 Å². The molecule has 4 nitrogen and oxygen atoms in total. The van der Waals surface area contributed by atoms with Crippen molar-refractivity contribution in [2.24, 2.45) is 0 Å². The summed E-state index contributed by atoms with van der Waals surface area (Å²) in [5, 5.41) is 9.43. The van der Waals surface area contributed by atoms with Gasteiger partial charge in [0.05, 0.1) is 11.6 Å². The van der Waals surface area contributed by atoms with E-state index in [9.17, 15) is 13.5 Å². The van der Waals surface area contributed by atoms with E-state index in [1.807, 2.05) is 6.92 Å². The van der Waals surface area contributed by atoms with E-state index in [0.29, 0.717) is 5.56 Å². The van der Waals surface area contributed by atoms with Crippen LogP contribution in [0, 0.1) is 0 Å². The van der Waals surface area contributed by atoms with Crippen molar-refractivity contribution < 1.29 is 13.5 Å². The molecule has 1 atom stereocenters. The summed E-state index contributed by atoms with van der Waals surface area (Å²) in [5.74, 6) is 0. The molecule has 1 unspecified atom stereocenters. The molecule has 0 aliphatic carbocycles. The maximum atomic E-state index is 12.4. The van der Waals surface area contributed by atoms with Crippen LogP contribution in [0.15, 0.2) is 17.0 Å². The average Bonchev–Trinajstić information content (AvgIpc) is 2.40. The molecular weight excluding hydrogens is 333 g/mol. The van der Waals surface area contributed by atoms with Gasteiger partial charge in [0, 0.05) is 11.1 Å². The first-order valence-electron chi connectivity index (χ1n) is 6.93. The van der Waals surface area contributed by atoms with E-state index in [1.165, 1.54) is 12.1 Å². The molecule has 0 spiro atoms. The van der Waals surface area contributed by atoms with E-state index in [2.05, 4.69) is 11.6 Å². The molecular formula is C14H21Cl2NO3S. The van der Waals surface area contributed by atoms with Crippen LogP contribution in [0.1, 0.15) is 45.1 Å². The number of unbranched alkanes of at least 4 members (excludes halogenated alkanes) is 2. The van der Waals surface area contributed by atoms with Crippen LogP contribution in [-0.2, 0) is 16.6 Å². The predicted molar refractivity (Wildman–Crippen MR) is 86.3 cm³/mol. The van der Waals surface area contributed by atoms with Gasteiger partial charge in [-0.25, -0.2) is 13.1 Å². The molecule has 2 N–H and O–H groups in total. The molecule has 0 fully saturated rings. The second kappa shape index (κ2) is 8.34. The molecule has 1 aromatic rings. The largest absolute Gasteiger partial charge is 0.392 e. The lowest BCUT2D eigenvalue weighted by molar-refractivity contribution is 0.281. The molecule has 0 saturated carbocycles. The summed E-state index contributed by atoms with van der Waals surface area (Å²) in [5.41, 5.74) is 0.295. The highest BCUT2D eigenvalue weighted by Gasteiger charge is 2.22. The molecule has 0 bridgehead atoms. The van der Waals surface area contributed by atoms with Gasteiger partial charge in [-0.3, -0.25) is 0 Å². The third kappa shape index (κ3) is 5.42. The van der Waals surface area contributed by atoms with Gasteiger partial charge in [-0.05, 0) is 31.0 Å². The van der Waals surface area contributed by atoms with Crippen molar-refractivity contribution in [2.75, 3.05) is 0 Å². The monoisotopic (exact) mass is 353 g/mol. The number of halogens is 2. The van der Waals surface area contributed by atoms with Gasteiger partial charge in [0.2, 0.25) is 10.0 Å². The highest BCUT2D eigenvalue weighted by Crippen LogP contribution is 2.29. The Labute approximate surface area is 136 Å².